The number of aliphatic hydroxyl groups excluding tert-OH is 1. The first-order chi connectivity index (χ1) is 9.07. The van der Waals surface area contributed by atoms with Crippen LogP contribution < -0.4 is 10.9 Å². The van der Waals surface area contributed by atoms with Crippen LogP contribution in [-0.4, -0.2) is 39.5 Å². The van der Waals surface area contributed by atoms with E-state index in [1.807, 2.05) is 13.8 Å². The summed E-state index contributed by atoms with van der Waals surface area (Å²) in [6, 6.07) is -0.00640. The summed E-state index contributed by atoms with van der Waals surface area (Å²) in [5.41, 5.74) is 0.306. The van der Waals surface area contributed by atoms with Gasteiger partial charge in [-0.3, -0.25) is 4.79 Å². The van der Waals surface area contributed by atoms with Crippen LogP contribution in [0.25, 0.3) is 0 Å². The molecule has 0 spiro atoms. The highest BCUT2D eigenvalue weighted by Crippen LogP contribution is 2.16. The van der Waals surface area contributed by atoms with Gasteiger partial charge < -0.3 is 10.4 Å². The molecule has 19 heavy (non-hydrogen) atoms. The molecule has 0 amide bonds. The van der Waals surface area contributed by atoms with Crippen LogP contribution in [-0.2, 0) is 0 Å². The number of nitrogens with one attached hydrogen (secondary N) is 1. The molecule has 1 aromatic heterocycles. The summed E-state index contributed by atoms with van der Waals surface area (Å²) in [5.74, 6) is 1.82. The molecule has 0 unspecified atom stereocenters. The molecule has 7 heteroatoms. The molecule has 0 saturated carbocycles. The van der Waals surface area contributed by atoms with Gasteiger partial charge in [-0.05, 0) is 26.0 Å². The number of anilines is 1. The Labute approximate surface area is 122 Å². The third kappa shape index (κ3) is 5.04. The summed E-state index contributed by atoms with van der Waals surface area (Å²) in [7, 11) is 0. The van der Waals surface area contributed by atoms with Gasteiger partial charge in [-0.15, -0.1) is 0 Å². The Morgan fingerprint density at radius 2 is 2.26 bits per heavy atom. The van der Waals surface area contributed by atoms with E-state index >= 15 is 0 Å². The van der Waals surface area contributed by atoms with Crippen molar-refractivity contribution < 1.29 is 5.11 Å². The lowest BCUT2D eigenvalue weighted by Crippen LogP contribution is -2.26. The molecular weight excluding hydrogens is 286 g/mol. The molecule has 0 bridgehead atoms. The fourth-order valence-corrected chi connectivity index (χ4v) is 2.45. The van der Waals surface area contributed by atoms with E-state index in [1.165, 1.54) is 4.68 Å². The normalized spacial score (nSPS) is 11.0. The molecular formula is C12H20ClN3O2S. The number of thioether (sulfide) groups is 1. The minimum absolute atomic E-state index is 0.00640. The van der Waals surface area contributed by atoms with Gasteiger partial charge in [0.15, 0.2) is 0 Å². The lowest BCUT2D eigenvalue weighted by molar-refractivity contribution is 0.296. The quantitative estimate of drug-likeness (QED) is 0.719. The zero-order valence-electron chi connectivity index (χ0n) is 11.2. The molecule has 0 aliphatic heterocycles. The van der Waals surface area contributed by atoms with Crippen molar-refractivity contribution in [2.75, 3.05) is 30.0 Å². The van der Waals surface area contributed by atoms with Crippen LogP contribution in [0.2, 0.25) is 5.02 Å². The number of rotatable bonds is 8. The molecule has 0 aromatic carbocycles. The molecule has 1 rings (SSSR count). The van der Waals surface area contributed by atoms with Crippen molar-refractivity contribution in [1.29, 1.82) is 0 Å². The monoisotopic (exact) mass is 305 g/mol. The zero-order valence-corrected chi connectivity index (χ0v) is 12.8. The smallest absolute Gasteiger partial charge is 0.287 e. The van der Waals surface area contributed by atoms with Gasteiger partial charge >= 0.3 is 0 Å². The maximum absolute atomic E-state index is 11.9. The lowest BCUT2D eigenvalue weighted by Gasteiger charge is -2.12. The molecule has 0 aliphatic carbocycles. The van der Waals surface area contributed by atoms with E-state index in [9.17, 15) is 4.79 Å². The van der Waals surface area contributed by atoms with Gasteiger partial charge in [-0.1, -0.05) is 11.6 Å². The Kier molecular flexibility index (Phi) is 7.27. The fourth-order valence-electron chi connectivity index (χ4n) is 1.46. The van der Waals surface area contributed by atoms with E-state index in [0.717, 1.165) is 17.9 Å². The highest BCUT2D eigenvalue weighted by Gasteiger charge is 2.10. The average molecular weight is 306 g/mol. The lowest BCUT2D eigenvalue weighted by atomic mass is 10.4. The van der Waals surface area contributed by atoms with Crippen molar-refractivity contribution in [3.8, 4) is 0 Å². The summed E-state index contributed by atoms with van der Waals surface area (Å²) in [5, 5.41) is 16.0. The molecule has 1 aromatic rings. The highest BCUT2D eigenvalue weighted by molar-refractivity contribution is 7.99. The Hall–Kier alpha value is -0.720. The van der Waals surface area contributed by atoms with Gasteiger partial charge in [0.25, 0.3) is 5.56 Å². The molecule has 108 valence electrons. The average Bonchev–Trinajstić information content (AvgIpc) is 2.38. The van der Waals surface area contributed by atoms with E-state index < -0.39 is 0 Å². The molecule has 0 atom stereocenters. The Bertz CT molecular complexity index is 451. The number of aliphatic hydroxyl groups is 1. The van der Waals surface area contributed by atoms with Crippen LogP contribution in [0.3, 0.4) is 0 Å². The van der Waals surface area contributed by atoms with E-state index in [4.69, 9.17) is 16.7 Å². The summed E-state index contributed by atoms with van der Waals surface area (Å²) in [6.07, 6.45) is 2.39. The first-order valence-electron chi connectivity index (χ1n) is 6.27. The predicted octanol–water partition coefficient (Wildman–Crippen LogP) is 2.01. The Morgan fingerprint density at radius 1 is 1.53 bits per heavy atom. The largest absolute Gasteiger partial charge is 0.396 e. The highest BCUT2D eigenvalue weighted by atomic mass is 35.5. The topological polar surface area (TPSA) is 67.2 Å². The summed E-state index contributed by atoms with van der Waals surface area (Å²) in [4.78, 5) is 11.9. The van der Waals surface area contributed by atoms with Crippen molar-refractivity contribution >= 4 is 29.1 Å². The van der Waals surface area contributed by atoms with Crippen molar-refractivity contribution in [1.82, 2.24) is 9.78 Å². The zero-order chi connectivity index (χ0) is 14.3. The number of hydrogen-bond acceptors (Lipinski definition) is 5. The molecule has 0 saturated heterocycles. The third-order valence-electron chi connectivity index (χ3n) is 2.44. The van der Waals surface area contributed by atoms with Crippen molar-refractivity contribution in [3.05, 3.63) is 21.6 Å². The number of nitrogens with zero attached hydrogens (tertiary/aromatic N) is 2. The number of hydrogen-bond donors (Lipinski definition) is 2. The van der Waals surface area contributed by atoms with Crippen LogP contribution in [0.5, 0.6) is 0 Å². The van der Waals surface area contributed by atoms with Crippen molar-refractivity contribution in [2.45, 2.75) is 26.3 Å². The van der Waals surface area contributed by atoms with Crippen LogP contribution in [0, 0.1) is 0 Å². The standard InChI is InChI=1S/C12H20ClN3O2S/c1-9(2)16-12(18)11(13)10(8-15-16)14-4-7-19-6-3-5-17/h8-9,14,17H,3-7H2,1-2H3. The van der Waals surface area contributed by atoms with Gasteiger partial charge in [0.1, 0.15) is 5.02 Å². The second kappa shape index (κ2) is 8.45. The van der Waals surface area contributed by atoms with Gasteiger partial charge in [0.05, 0.1) is 17.9 Å². The molecule has 1 heterocycles. The first kappa shape index (κ1) is 16.3. The predicted molar refractivity (Wildman–Crippen MR) is 81.4 cm³/mol. The second-order valence-electron chi connectivity index (χ2n) is 4.33. The minimum Gasteiger partial charge on any atom is -0.396 e. The van der Waals surface area contributed by atoms with E-state index in [-0.39, 0.29) is 23.2 Å². The second-order valence-corrected chi connectivity index (χ2v) is 5.93. The molecule has 0 aliphatic rings. The fraction of sp³-hybridized carbons (Fsp3) is 0.667. The molecule has 5 nitrogen and oxygen atoms in total. The van der Waals surface area contributed by atoms with Crippen LogP contribution in [0.4, 0.5) is 5.69 Å². The number of aromatic nitrogens is 2. The minimum atomic E-state index is -0.269. The molecule has 0 radical (unpaired) electrons. The van der Waals surface area contributed by atoms with Gasteiger partial charge in [-0.2, -0.15) is 16.9 Å². The van der Waals surface area contributed by atoms with E-state index in [2.05, 4.69) is 10.4 Å². The maximum Gasteiger partial charge on any atom is 0.287 e. The molecule has 2 N–H and O–H groups in total. The van der Waals surface area contributed by atoms with Gasteiger partial charge in [0.2, 0.25) is 0 Å². The van der Waals surface area contributed by atoms with Gasteiger partial charge in [0, 0.05) is 18.9 Å². The summed E-state index contributed by atoms with van der Waals surface area (Å²) >= 11 is 7.78. The molecule has 0 fully saturated rings. The Morgan fingerprint density at radius 3 is 2.89 bits per heavy atom. The van der Waals surface area contributed by atoms with Crippen LogP contribution in [0.15, 0.2) is 11.0 Å². The summed E-state index contributed by atoms with van der Waals surface area (Å²) in [6.45, 7) is 4.71. The Balaban J connectivity index is 2.51. The van der Waals surface area contributed by atoms with E-state index in [0.29, 0.717) is 12.2 Å². The SMILES string of the molecule is CC(C)n1ncc(NCCSCCCO)c(Cl)c1=O. The van der Waals surface area contributed by atoms with Crippen LogP contribution in [0.1, 0.15) is 26.3 Å². The summed E-state index contributed by atoms with van der Waals surface area (Å²) < 4.78 is 1.36. The van der Waals surface area contributed by atoms with Crippen molar-refractivity contribution in [3.63, 3.8) is 0 Å². The maximum atomic E-state index is 11.9. The first-order valence-corrected chi connectivity index (χ1v) is 7.81. The van der Waals surface area contributed by atoms with E-state index in [1.54, 1.807) is 18.0 Å². The van der Waals surface area contributed by atoms with Crippen LogP contribution >= 0.6 is 23.4 Å². The van der Waals surface area contributed by atoms with Gasteiger partial charge in [-0.25, -0.2) is 4.68 Å². The number of halogens is 1. The third-order valence-corrected chi connectivity index (χ3v) is 3.88. The van der Waals surface area contributed by atoms with Crippen molar-refractivity contribution in [2.24, 2.45) is 0 Å².